The Hall–Kier alpha value is -0.290. The maximum atomic E-state index is 12.4. The zero-order valence-electron chi connectivity index (χ0n) is 9.81. The van der Waals surface area contributed by atoms with Crippen LogP contribution >= 0.6 is 0 Å². The van der Waals surface area contributed by atoms with Crippen molar-refractivity contribution >= 4 is 0 Å². The number of hydrogen-bond acceptors (Lipinski definition) is 2. The maximum Gasteiger partial charge on any atom is 0.414 e. The highest BCUT2D eigenvalue weighted by Gasteiger charge is 2.44. The number of ether oxygens (including phenoxy) is 1. The van der Waals surface area contributed by atoms with Gasteiger partial charge in [-0.25, -0.2) is 0 Å². The van der Waals surface area contributed by atoms with E-state index in [2.05, 4.69) is 0 Å². The van der Waals surface area contributed by atoms with Gasteiger partial charge in [0.1, 0.15) is 0 Å². The largest absolute Gasteiger partial charge is 0.414 e. The predicted molar refractivity (Wildman–Crippen MR) is 56.0 cm³/mol. The third-order valence-electron chi connectivity index (χ3n) is 3.31. The van der Waals surface area contributed by atoms with Crippen molar-refractivity contribution in [3.05, 3.63) is 0 Å². The molecule has 3 atom stereocenters. The molecule has 0 aromatic rings. The molecule has 1 aliphatic carbocycles. The number of rotatable bonds is 3. The van der Waals surface area contributed by atoms with Gasteiger partial charge in [0.25, 0.3) is 0 Å². The van der Waals surface area contributed by atoms with Crippen LogP contribution in [0.15, 0.2) is 0 Å². The molecule has 0 aromatic heterocycles. The van der Waals surface area contributed by atoms with Gasteiger partial charge >= 0.3 is 6.18 Å². The molecule has 0 aliphatic heterocycles. The van der Waals surface area contributed by atoms with Gasteiger partial charge in [0.05, 0.1) is 5.60 Å². The van der Waals surface area contributed by atoms with Gasteiger partial charge in [-0.05, 0) is 25.7 Å². The molecular weight excluding hydrogens is 219 g/mol. The fourth-order valence-corrected chi connectivity index (χ4v) is 2.39. The first-order valence-corrected chi connectivity index (χ1v) is 5.74. The van der Waals surface area contributed by atoms with Crippen molar-refractivity contribution in [1.29, 1.82) is 0 Å². The van der Waals surface area contributed by atoms with Crippen LogP contribution < -0.4 is 5.73 Å². The normalized spacial score (nSPS) is 33.8. The molecule has 16 heavy (non-hydrogen) atoms. The van der Waals surface area contributed by atoms with Crippen molar-refractivity contribution in [2.24, 2.45) is 11.7 Å². The molecule has 1 rings (SSSR count). The molecule has 1 aliphatic rings. The van der Waals surface area contributed by atoms with Crippen LogP contribution in [0.5, 0.6) is 0 Å². The van der Waals surface area contributed by atoms with Gasteiger partial charge in [0.2, 0.25) is 0 Å². The fourth-order valence-electron chi connectivity index (χ4n) is 2.39. The number of hydrogen-bond donors (Lipinski definition) is 1. The van der Waals surface area contributed by atoms with Gasteiger partial charge in [-0.1, -0.05) is 19.8 Å². The first kappa shape index (κ1) is 13.8. The van der Waals surface area contributed by atoms with Crippen LogP contribution in [0.1, 0.15) is 39.5 Å². The average molecular weight is 239 g/mol. The third kappa shape index (κ3) is 3.35. The van der Waals surface area contributed by atoms with Gasteiger partial charge in [-0.2, -0.15) is 13.2 Å². The highest BCUT2D eigenvalue weighted by atomic mass is 19.4. The summed E-state index contributed by atoms with van der Waals surface area (Å²) in [6.07, 6.45) is -2.84. The lowest BCUT2D eigenvalue weighted by molar-refractivity contribution is -0.252. The molecule has 0 amide bonds. The fraction of sp³-hybridized carbons (Fsp3) is 1.00. The second-order valence-corrected chi connectivity index (χ2v) is 4.89. The molecular formula is C11H20F3NO. The molecule has 96 valence electrons. The van der Waals surface area contributed by atoms with Crippen LogP contribution in [0.4, 0.5) is 13.2 Å². The Bertz CT molecular complexity index is 232. The summed E-state index contributed by atoms with van der Waals surface area (Å²) in [7, 11) is 0. The van der Waals surface area contributed by atoms with Crippen LogP contribution in [0.2, 0.25) is 0 Å². The minimum absolute atomic E-state index is 0.164. The van der Waals surface area contributed by atoms with E-state index in [1.807, 2.05) is 6.92 Å². The first-order valence-electron chi connectivity index (χ1n) is 5.74. The molecule has 1 fully saturated rings. The molecule has 3 unspecified atom stereocenters. The van der Waals surface area contributed by atoms with E-state index in [4.69, 9.17) is 10.5 Å². The molecule has 2 N–H and O–H groups in total. The summed E-state index contributed by atoms with van der Waals surface area (Å²) in [6.45, 7) is 3.25. The highest BCUT2D eigenvalue weighted by molar-refractivity contribution is 4.89. The molecule has 1 saturated carbocycles. The van der Waals surface area contributed by atoms with E-state index in [0.29, 0.717) is 18.8 Å². The van der Waals surface area contributed by atoms with Crippen molar-refractivity contribution in [1.82, 2.24) is 0 Å². The summed E-state index contributed by atoms with van der Waals surface area (Å²) < 4.78 is 42.5. The number of halogens is 3. The van der Waals surface area contributed by atoms with Crippen molar-refractivity contribution in [3.63, 3.8) is 0 Å². The summed E-state index contributed by atoms with van der Waals surface area (Å²) in [4.78, 5) is 0. The maximum absolute atomic E-state index is 12.4. The SMILES string of the molecule is CC1CCCC(CN)(OC(C)C(F)(F)F)C1. The van der Waals surface area contributed by atoms with Crippen LogP contribution in [-0.4, -0.2) is 24.4 Å². The van der Waals surface area contributed by atoms with Crippen LogP contribution in [0.3, 0.4) is 0 Å². The predicted octanol–water partition coefficient (Wildman–Crippen LogP) is 2.86. The van der Waals surface area contributed by atoms with Gasteiger partial charge in [-0.15, -0.1) is 0 Å². The molecule has 0 heterocycles. The Labute approximate surface area is 94.3 Å². The number of alkyl halides is 3. The molecule has 0 spiro atoms. The second-order valence-electron chi connectivity index (χ2n) is 4.89. The Morgan fingerprint density at radius 2 is 2.12 bits per heavy atom. The zero-order chi connectivity index (χ0) is 12.4. The van der Waals surface area contributed by atoms with E-state index in [1.165, 1.54) is 0 Å². The van der Waals surface area contributed by atoms with Gasteiger partial charge in [-0.3, -0.25) is 0 Å². The van der Waals surface area contributed by atoms with Crippen LogP contribution in [0, 0.1) is 5.92 Å². The van der Waals surface area contributed by atoms with Crippen LogP contribution in [0.25, 0.3) is 0 Å². The average Bonchev–Trinajstić information content (AvgIpc) is 2.16. The van der Waals surface area contributed by atoms with E-state index in [1.54, 1.807) is 0 Å². The quantitative estimate of drug-likeness (QED) is 0.822. The van der Waals surface area contributed by atoms with E-state index in [-0.39, 0.29) is 6.54 Å². The lowest BCUT2D eigenvalue weighted by Crippen LogP contribution is -2.49. The summed E-state index contributed by atoms with van der Waals surface area (Å²) in [6, 6.07) is 0. The molecule has 0 radical (unpaired) electrons. The highest BCUT2D eigenvalue weighted by Crippen LogP contribution is 2.37. The first-order chi connectivity index (χ1) is 7.29. The lowest BCUT2D eigenvalue weighted by Gasteiger charge is -2.41. The Morgan fingerprint density at radius 3 is 2.56 bits per heavy atom. The molecule has 5 heteroatoms. The minimum Gasteiger partial charge on any atom is -0.361 e. The van der Waals surface area contributed by atoms with E-state index in [0.717, 1.165) is 19.8 Å². The summed E-state index contributed by atoms with van der Waals surface area (Å²) in [5.41, 5.74) is 4.83. The summed E-state index contributed by atoms with van der Waals surface area (Å²) in [5, 5.41) is 0. The van der Waals surface area contributed by atoms with Gasteiger partial charge in [0.15, 0.2) is 6.10 Å². The van der Waals surface area contributed by atoms with E-state index >= 15 is 0 Å². The smallest absolute Gasteiger partial charge is 0.361 e. The Kier molecular flexibility index (Phi) is 4.23. The molecule has 2 nitrogen and oxygen atoms in total. The Balaban J connectivity index is 2.66. The number of nitrogens with two attached hydrogens (primary N) is 1. The summed E-state index contributed by atoms with van der Waals surface area (Å²) >= 11 is 0. The Morgan fingerprint density at radius 1 is 1.50 bits per heavy atom. The second kappa shape index (κ2) is 4.92. The standard InChI is InChI=1S/C11H20F3NO/c1-8-4-3-5-10(6-8,7-15)16-9(2)11(12,13)14/h8-9H,3-7,15H2,1-2H3. The van der Waals surface area contributed by atoms with Gasteiger partial charge < -0.3 is 10.5 Å². The third-order valence-corrected chi connectivity index (χ3v) is 3.31. The van der Waals surface area contributed by atoms with Crippen molar-refractivity contribution < 1.29 is 17.9 Å². The lowest BCUT2D eigenvalue weighted by atomic mass is 9.78. The van der Waals surface area contributed by atoms with Crippen molar-refractivity contribution in [2.45, 2.75) is 57.4 Å². The molecule has 0 bridgehead atoms. The molecule has 0 aromatic carbocycles. The monoisotopic (exact) mass is 239 g/mol. The zero-order valence-corrected chi connectivity index (χ0v) is 9.81. The molecule has 0 saturated heterocycles. The topological polar surface area (TPSA) is 35.2 Å². The van der Waals surface area contributed by atoms with E-state index < -0.39 is 17.9 Å². The van der Waals surface area contributed by atoms with Crippen molar-refractivity contribution in [2.75, 3.05) is 6.54 Å². The van der Waals surface area contributed by atoms with Crippen LogP contribution in [-0.2, 0) is 4.74 Å². The van der Waals surface area contributed by atoms with Gasteiger partial charge in [0, 0.05) is 6.54 Å². The summed E-state index contributed by atoms with van der Waals surface area (Å²) in [5.74, 6) is 0.387. The minimum atomic E-state index is -4.30. The van der Waals surface area contributed by atoms with Crippen molar-refractivity contribution in [3.8, 4) is 0 Å². The van der Waals surface area contributed by atoms with E-state index in [9.17, 15) is 13.2 Å².